The average molecular weight is 278 g/mol. The molecule has 0 amide bonds. The maximum Gasteiger partial charge on any atom is 0.0652 e. The number of hydrogen-bond acceptors (Lipinski definition) is 2. The molecule has 0 unspecified atom stereocenters. The van der Waals surface area contributed by atoms with Gasteiger partial charge in [-0.25, -0.2) is 5.01 Å². The minimum absolute atomic E-state index is 1.13. The molecule has 0 N–H and O–H groups in total. The summed E-state index contributed by atoms with van der Waals surface area (Å²) >= 11 is 0. The predicted molar refractivity (Wildman–Crippen MR) is 90.2 cm³/mol. The summed E-state index contributed by atoms with van der Waals surface area (Å²) in [5.41, 5.74) is 3.58. The lowest BCUT2D eigenvalue weighted by molar-refractivity contribution is 0.702. The van der Waals surface area contributed by atoms with Crippen molar-refractivity contribution < 1.29 is 0 Å². The third kappa shape index (κ3) is 3.72. The van der Waals surface area contributed by atoms with E-state index in [0.717, 1.165) is 24.2 Å². The van der Waals surface area contributed by atoms with Crippen LogP contribution in [-0.4, -0.2) is 5.71 Å². The molecule has 0 atom stereocenters. The quantitative estimate of drug-likeness (QED) is 0.532. The molecule has 2 heteroatoms. The van der Waals surface area contributed by atoms with Crippen LogP contribution in [0.4, 0.5) is 11.4 Å². The monoisotopic (exact) mass is 278 g/mol. The lowest BCUT2D eigenvalue weighted by atomic mass is 10.2. The normalized spacial score (nSPS) is 15.3. The first-order chi connectivity index (χ1) is 10.4. The van der Waals surface area contributed by atoms with Crippen molar-refractivity contribution in [3.63, 3.8) is 0 Å². The highest BCUT2D eigenvalue weighted by Crippen LogP contribution is 2.26. The maximum absolute atomic E-state index is 4.99. The van der Waals surface area contributed by atoms with E-state index in [0.29, 0.717) is 0 Å². The van der Waals surface area contributed by atoms with E-state index in [4.69, 9.17) is 5.10 Å². The number of rotatable bonds is 3. The molecule has 0 aromatic heterocycles. The SMILES string of the molecule is c1ccc(N(N=C2CCCCCC2)c2ccccc2)cc1. The van der Waals surface area contributed by atoms with Gasteiger partial charge in [0.25, 0.3) is 0 Å². The molecular formula is C19H22N2. The second kappa shape index (κ2) is 7.07. The largest absolute Gasteiger partial charge is 0.234 e. The Morgan fingerprint density at radius 3 is 1.57 bits per heavy atom. The topological polar surface area (TPSA) is 15.6 Å². The minimum Gasteiger partial charge on any atom is -0.234 e. The van der Waals surface area contributed by atoms with E-state index in [-0.39, 0.29) is 0 Å². The Morgan fingerprint density at radius 2 is 1.10 bits per heavy atom. The van der Waals surface area contributed by atoms with Crippen LogP contribution in [-0.2, 0) is 0 Å². The van der Waals surface area contributed by atoms with Crippen LogP contribution in [0.2, 0.25) is 0 Å². The number of hydrazone groups is 1. The van der Waals surface area contributed by atoms with Crippen LogP contribution in [0.25, 0.3) is 0 Å². The molecule has 2 aromatic rings. The van der Waals surface area contributed by atoms with Gasteiger partial charge in [-0.05, 0) is 49.9 Å². The lowest BCUT2D eigenvalue weighted by Crippen LogP contribution is -2.13. The highest BCUT2D eigenvalue weighted by molar-refractivity contribution is 5.86. The van der Waals surface area contributed by atoms with Crippen LogP contribution >= 0.6 is 0 Å². The molecule has 0 bridgehead atoms. The van der Waals surface area contributed by atoms with Crippen molar-refractivity contribution in [2.45, 2.75) is 38.5 Å². The van der Waals surface area contributed by atoms with E-state index in [1.165, 1.54) is 31.4 Å². The van der Waals surface area contributed by atoms with Crippen LogP contribution in [0, 0.1) is 0 Å². The zero-order valence-corrected chi connectivity index (χ0v) is 12.4. The van der Waals surface area contributed by atoms with Crippen LogP contribution in [0.1, 0.15) is 38.5 Å². The Hall–Kier alpha value is -2.09. The molecule has 21 heavy (non-hydrogen) atoms. The fourth-order valence-corrected chi connectivity index (χ4v) is 2.78. The van der Waals surface area contributed by atoms with Crippen molar-refractivity contribution in [2.75, 3.05) is 5.01 Å². The summed E-state index contributed by atoms with van der Waals surface area (Å²) in [4.78, 5) is 0. The van der Waals surface area contributed by atoms with Gasteiger partial charge in [-0.3, -0.25) is 0 Å². The summed E-state index contributed by atoms with van der Waals surface area (Å²) in [5, 5.41) is 7.07. The van der Waals surface area contributed by atoms with Crippen molar-refractivity contribution >= 4 is 17.1 Å². The molecule has 1 aliphatic rings. The molecule has 2 aromatic carbocycles. The molecule has 108 valence electrons. The standard InChI is InChI=1S/C19H22N2/c1-2-6-12-17(11-5-1)20-21(18-13-7-3-8-14-18)19-15-9-4-10-16-19/h3-4,7-10,13-16H,1-2,5-6,11-12H2. The number of hydrogen-bond donors (Lipinski definition) is 0. The van der Waals surface area contributed by atoms with Crippen LogP contribution < -0.4 is 5.01 Å². The second-order valence-electron chi connectivity index (χ2n) is 5.56. The first-order valence-corrected chi connectivity index (χ1v) is 7.90. The van der Waals surface area contributed by atoms with Gasteiger partial charge in [0.1, 0.15) is 0 Å². The third-order valence-corrected chi connectivity index (χ3v) is 3.92. The first kappa shape index (κ1) is 13.9. The van der Waals surface area contributed by atoms with Gasteiger partial charge < -0.3 is 0 Å². The van der Waals surface area contributed by atoms with Crippen molar-refractivity contribution in [2.24, 2.45) is 5.10 Å². The molecule has 1 aliphatic carbocycles. The average Bonchev–Trinajstić information content (AvgIpc) is 2.83. The highest BCUT2D eigenvalue weighted by Gasteiger charge is 2.11. The number of benzene rings is 2. The zero-order chi connectivity index (χ0) is 14.3. The maximum atomic E-state index is 4.99. The molecule has 0 heterocycles. The van der Waals surface area contributed by atoms with E-state index in [1.807, 2.05) is 12.1 Å². The Kier molecular flexibility index (Phi) is 4.67. The van der Waals surface area contributed by atoms with E-state index in [2.05, 4.69) is 53.5 Å². The highest BCUT2D eigenvalue weighted by atomic mass is 15.5. The molecule has 0 saturated heterocycles. The van der Waals surface area contributed by atoms with Crippen LogP contribution in [0.3, 0.4) is 0 Å². The van der Waals surface area contributed by atoms with E-state index in [1.54, 1.807) is 0 Å². The third-order valence-electron chi connectivity index (χ3n) is 3.92. The van der Waals surface area contributed by atoms with E-state index in [9.17, 15) is 0 Å². The van der Waals surface area contributed by atoms with Crippen molar-refractivity contribution in [3.05, 3.63) is 60.7 Å². The molecule has 3 rings (SSSR count). The Morgan fingerprint density at radius 1 is 0.619 bits per heavy atom. The lowest BCUT2D eigenvalue weighted by Gasteiger charge is -2.21. The smallest absolute Gasteiger partial charge is 0.0652 e. The molecule has 1 fully saturated rings. The van der Waals surface area contributed by atoms with E-state index < -0.39 is 0 Å². The fraction of sp³-hybridized carbons (Fsp3) is 0.316. The minimum atomic E-state index is 1.13. The summed E-state index contributed by atoms with van der Waals surface area (Å²) in [7, 11) is 0. The van der Waals surface area contributed by atoms with Gasteiger partial charge in [0.15, 0.2) is 0 Å². The van der Waals surface area contributed by atoms with Gasteiger partial charge in [-0.1, -0.05) is 49.2 Å². The first-order valence-electron chi connectivity index (χ1n) is 7.90. The van der Waals surface area contributed by atoms with Crippen LogP contribution in [0.5, 0.6) is 0 Å². The summed E-state index contributed by atoms with van der Waals surface area (Å²) in [6.07, 6.45) is 7.50. The molecule has 2 nitrogen and oxygen atoms in total. The van der Waals surface area contributed by atoms with Gasteiger partial charge in [0.05, 0.1) is 11.4 Å². The molecule has 0 spiro atoms. The number of anilines is 2. The van der Waals surface area contributed by atoms with E-state index >= 15 is 0 Å². The van der Waals surface area contributed by atoms with Crippen molar-refractivity contribution in [3.8, 4) is 0 Å². The summed E-state index contributed by atoms with van der Waals surface area (Å²) < 4.78 is 0. The predicted octanol–water partition coefficient (Wildman–Crippen LogP) is 5.53. The summed E-state index contributed by atoms with van der Waals surface area (Å²) in [6, 6.07) is 20.8. The summed E-state index contributed by atoms with van der Waals surface area (Å²) in [6.45, 7) is 0. The Labute approximate surface area is 127 Å². The van der Waals surface area contributed by atoms with Gasteiger partial charge in [0.2, 0.25) is 0 Å². The molecule has 0 radical (unpaired) electrons. The van der Waals surface area contributed by atoms with Gasteiger partial charge in [0, 0.05) is 5.71 Å². The van der Waals surface area contributed by atoms with Crippen LogP contribution in [0.15, 0.2) is 65.8 Å². The molecule has 0 aliphatic heterocycles. The fourth-order valence-electron chi connectivity index (χ4n) is 2.78. The van der Waals surface area contributed by atoms with Gasteiger partial charge >= 0.3 is 0 Å². The molecular weight excluding hydrogens is 256 g/mol. The van der Waals surface area contributed by atoms with Crippen molar-refractivity contribution in [1.82, 2.24) is 0 Å². The van der Waals surface area contributed by atoms with Crippen molar-refractivity contribution in [1.29, 1.82) is 0 Å². The molecule has 1 saturated carbocycles. The van der Waals surface area contributed by atoms with Gasteiger partial charge in [-0.15, -0.1) is 0 Å². The van der Waals surface area contributed by atoms with Gasteiger partial charge in [-0.2, -0.15) is 5.10 Å². The number of nitrogens with zero attached hydrogens (tertiary/aromatic N) is 2. The summed E-state index contributed by atoms with van der Waals surface area (Å²) in [5.74, 6) is 0. The Bertz CT molecular complexity index is 526. The zero-order valence-electron chi connectivity index (χ0n) is 12.4. The Balaban J connectivity index is 1.94. The number of para-hydroxylation sites is 2. The second-order valence-corrected chi connectivity index (χ2v) is 5.56.